The average molecular weight is 324 g/mol. The number of amides is 1. The molecule has 0 atom stereocenters. The molecular weight excluding hydrogens is 310 g/mol. The van der Waals surface area contributed by atoms with Crippen LogP contribution in [0.25, 0.3) is 0 Å². The number of hydrogen-bond acceptors (Lipinski definition) is 3. The molecule has 5 heteroatoms. The van der Waals surface area contributed by atoms with E-state index in [1.165, 1.54) is 0 Å². The third-order valence-electron chi connectivity index (χ3n) is 2.66. The standard InChI is InChI=1S/C14H14BrNO3/c15-13-7-6-12(19-13)14(18)16(8-9-17)10-11-4-2-1-3-5-11/h1-7,17H,8-10H2. The molecule has 1 aromatic carbocycles. The van der Waals surface area contributed by atoms with Gasteiger partial charge >= 0.3 is 0 Å². The van der Waals surface area contributed by atoms with Gasteiger partial charge in [0.05, 0.1) is 6.61 Å². The fourth-order valence-electron chi connectivity index (χ4n) is 1.76. The van der Waals surface area contributed by atoms with E-state index in [0.29, 0.717) is 11.2 Å². The second kappa shape index (κ2) is 6.54. The third-order valence-corrected chi connectivity index (χ3v) is 3.08. The average Bonchev–Trinajstić information content (AvgIpc) is 2.85. The lowest BCUT2D eigenvalue weighted by Crippen LogP contribution is -2.32. The summed E-state index contributed by atoms with van der Waals surface area (Å²) in [5.74, 6) is 0.0276. The number of aliphatic hydroxyl groups excluding tert-OH is 1. The minimum atomic E-state index is -0.233. The van der Waals surface area contributed by atoms with E-state index in [-0.39, 0.29) is 24.8 Å². The van der Waals surface area contributed by atoms with E-state index in [0.717, 1.165) is 5.56 Å². The van der Waals surface area contributed by atoms with Crippen molar-refractivity contribution < 1.29 is 14.3 Å². The van der Waals surface area contributed by atoms with Crippen molar-refractivity contribution in [2.75, 3.05) is 13.2 Å². The van der Waals surface area contributed by atoms with Gasteiger partial charge in [-0.3, -0.25) is 4.79 Å². The summed E-state index contributed by atoms with van der Waals surface area (Å²) in [5, 5.41) is 9.08. The van der Waals surface area contributed by atoms with Crippen molar-refractivity contribution in [3.63, 3.8) is 0 Å². The predicted octanol–water partition coefficient (Wildman–Crippen LogP) is 2.68. The van der Waals surface area contributed by atoms with Crippen molar-refractivity contribution in [1.29, 1.82) is 0 Å². The number of furan rings is 1. The zero-order valence-corrected chi connectivity index (χ0v) is 11.8. The van der Waals surface area contributed by atoms with Crippen LogP contribution in [0.4, 0.5) is 0 Å². The predicted molar refractivity (Wildman–Crippen MR) is 74.7 cm³/mol. The summed E-state index contributed by atoms with van der Waals surface area (Å²) in [6.07, 6.45) is 0. The lowest BCUT2D eigenvalue weighted by Gasteiger charge is -2.20. The summed E-state index contributed by atoms with van der Waals surface area (Å²) < 4.78 is 5.77. The fourth-order valence-corrected chi connectivity index (χ4v) is 2.07. The van der Waals surface area contributed by atoms with E-state index in [2.05, 4.69) is 15.9 Å². The molecule has 2 rings (SSSR count). The molecule has 0 bridgehead atoms. The molecule has 4 nitrogen and oxygen atoms in total. The molecule has 0 fully saturated rings. The van der Waals surface area contributed by atoms with Gasteiger partial charge in [-0.15, -0.1) is 0 Å². The van der Waals surface area contributed by atoms with Crippen LogP contribution in [0.15, 0.2) is 51.6 Å². The zero-order valence-electron chi connectivity index (χ0n) is 10.3. The Morgan fingerprint density at radius 3 is 2.53 bits per heavy atom. The summed E-state index contributed by atoms with van der Waals surface area (Å²) >= 11 is 3.17. The molecule has 0 saturated carbocycles. The minimum absolute atomic E-state index is 0.0829. The largest absolute Gasteiger partial charge is 0.444 e. The number of halogens is 1. The van der Waals surface area contributed by atoms with E-state index in [9.17, 15) is 4.79 Å². The Bertz CT molecular complexity index is 539. The minimum Gasteiger partial charge on any atom is -0.444 e. The second-order valence-electron chi connectivity index (χ2n) is 4.04. The van der Waals surface area contributed by atoms with Crippen LogP contribution in [-0.2, 0) is 6.54 Å². The monoisotopic (exact) mass is 323 g/mol. The Morgan fingerprint density at radius 2 is 1.95 bits per heavy atom. The van der Waals surface area contributed by atoms with Gasteiger partial charge in [0.25, 0.3) is 5.91 Å². The smallest absolute Gasteiger partial charge is 0.289 e. The maximum atomic E-state index is 12.3. The fraction of sp³-hybridized carbons (Fsp3) is 0.214. The van der Waals surface area contributed by atoms with Crippen LogP contribution < -0.4 is 0 Å². The van der Waals surface area contributed by atoms with Crippen molar-refractivity contribution in [2.45, 2.75) is 6.54 Å². The first-order valence-corrected chi connectivity index (χ1v) is 6.69. The SMILES string of the molecule is O=C(c1ccc(Br)o1)N(CCO)Cc1ccccc1. The first-order valence-electron chi connectivity index (χ1n) is 5.90. The van der Waals surface area contributed by atoms with Crippen molar-refractivity contribution in [3.8, 4) is 0 Å². The first kappa shape index (κ1) is 13.8. The van der Waals surface area contributed by atoms with Gasteiger partial charge < -0.3 is 14.4 Å². The van der Waals surface area contributed by atoms with Crippen LogP contribution in [0, 0.1) is 0 Å². The Labute approximate surface area is 119 Å². The van der Waals surface area contributed by atoms with Crippen molar-refractivity contribution in [2.24, 2.45) is 0 Å². The number of nitrogens with zero attached hydrogens (tertiary/aromatic N) is 1. The van der Waals surface area contributed by atoms with Crippen molar-refractivity contribution >= 4 is 21.8 Å². The third kappa shape index (κ3) is 3.68. The summed E-state index contributed by atoms with van der Waals surface area (Å²) in [6.45, 7) is 0.630. The van der Waals surface area contributed by atoms with Crippen LogP contribution in [0.3, 0.4) is 0 Å². The van der Waals surface area contributed by atoms with E-state index >= 15 is 0 Å². The van der Waals surface area contributed by atoms with Gasteiger partial charge in [0.15, 0.2) is 10.4 Å². The van der Waals surface area contributed by atoms with E-state index in [4.69, 9.17) is 9.52 Å². The molecule has 2 aromatic rings. The van der Waals surface area contributed by atoms with Gasteiger partial charge in [-0.2, -0.15) is 0 Å². The Morgan fingerprint density at radius 1 is 1.21 bits per heavy atom. The van der Waals surface area contributed by atoms with Gasteiger partial charge in [0.1, 0.15) is 0 Å². The maximum Gasteiger partial charge on any atom is 0.289 e. The summed E-state index contributed by atoms with van der Waals surface area (Å²) in [4.78, 5) is 13.8. The van der Waals surface area contributed by atoms with Gasteiger partial charge in [-0.25, -0.2) is 0 Å². The van der Waals surface area contributed by atoms with Crippen LogP contribution in [0.1, 0.15) is 16.1 Å². The highest BCUT2D eigenvalue weighted by Crippen LogP contribution is 2.17. The molecule has 100 valence electrons. The number of hydrogen-bond donors (Lipinski definition) is 1. The topological polar surface area (TPSA) is 53.7 Å². The number of benzene rings is 1. The Kier molecular flexibility index (Phi) is 4.76. The summed E-state index contributed by atoms with van der Waals surface area (Å²) in [5.41, 5.74) is 1.01. The van der Waals surface area contributed by atoms with Crippen molar-refractivity contribution in [1.82, 2.24) is 4.90 Å². The highest BCUT2D eigenvalue weighted by Gasteiger charge is 2.18. The van der Waals surface area contributed by atoms with E-state index in [1.807, 2.05) is 30.3 Å². The van der Waals surface area contributed by atoms with E-state index < -0.39 is 0 Å². The molecule has 0 unspecified atom stereocenters. The number of carbonyl (C=O) groups excluding carboxylic acids is 1. The molecular formula is C14H14BrNO3. The van der Waals surface area contributed by atoms with Gasteiger partial charge in [-0.05, 0) is 33.6 Å². The maximum absolute atomic E-state index is 12.3. The quantitative estimate of drug-likeness (QED) is 0.920. The van der Waals surface area contributed by atoms with Gasteiger partial charge in [0, 0.05) is 13.1 Å². The lowest BCUT2D eigenvalue weighted by atomic mass is 10.2. The Hall–Kier alpha value is -1.59. The van der Waals surface area contributed by atoms with Crippen LogP contribution in [0.5, 0.6) is 0 Å². The van der Waals surface area contributed by atoms with Crippen LogP contribution in [0.2, 0.25) is 0 Å². The van der Waals surface area contributed by atoms with Crippen LogP contribution in [-0.4, -0.2) is 29.1 Å². The second-order valence-corrected chi connectivity index (χ2v) is 4.82. The van der Waals surface area contributed by atoms with Gasteiger partial charge in [0.2, 0.25) is 0 Å². The normalized spacial score (nSPS) is 10.4. The molecule has 1 aromatic heterocycles. The molecule has 0 aliphatic heterocycles. The molecule has 0 saturated heterocycles. The van der Waals surface area contributed by atoms with Crippen LogP contribution >= 0.6 is 15.9 Å². The highest BCUT2D eigenvalue weighted by molar-refractivity contribution is 9.10. The highest BCUT2D eigenvalue weighted by atomic mass is 79.9. The number of carbonyl (C=O) groups is 1. The molecule has 1 amide bonds. The summed E-state index contributed by atoms with van der Waals surface area (Å²) in [7, 11) is 0. The molecule has 0 radical (unpaired) electrons. The first-order chi connectivity index (χ1) is 9.20. The Balaban J connectivity index is 2.13. The molecule has 1 heterocycles. The zero-order chi connectivity index (χ0) is 13.7. The molecule has 0 aliphatic rings. The molecule has 0 aliphatic carbocycles. The molecule has 1 N–H and O–H groups in total. The lowest BCUT2D eigenvalue weighted by molar-refractivity contribution is 0.0674. The van der Waals surface area contributed by atoms with Crippen molar-refractivity contribution in [3.05, 3.63) is 58.5 Å². The van der Waals surface area contributed by atoms with Gasteiger partial charge in [-0.1, -0.05) is 30.3 Å². The number of aliphatic hydroxyl groups is 1. The molecule has 0 spiro atoms. The van der Waals surface area contributed by atoms with E-state index in [1.54, 1.807) is 17.0 Å². The number of rotatable bonds is 5. The summed E-state index contributed by atoms with van der Waals surface area (Å²) in [6, 6.07) is 12.9. The molecule has 19 heavy (non-hydrogen) atoms.